The summed E-state index contributed by atoms with van der Waals surface area (Å²) in [5, 5.41) is 0. The van der Waals surface area contributed by atoms with E-state index in [0.717, 1.165) is 6.07 Å². The van der Waals surface area contributed by atoms with E-state index < -0.39 is 17.8 Å². The largest absolute Gasteiger partial charge is 0.309 e. The van der Waals surface area contributed by atoms with E-state index >= 15 is 0 Å². The fourth-order valence-electron chi connectivity index (χ4n) is 1.25. The number of hydrogen-bond acceptors (Lipinski definition) is 5. The molecule has 2 aromatic rings. The number of carbonyl (C=O) groups excluding carboxylic acids is 1. The highest BCUT2D eigenvalue weighted by Gasteiger charge is 1.97. The van der Waals surface area contributed by atoms with Crippen LogP contribution in [0, 0.1) is 12.0 Å². The van der Waals surface area contributed by atoms with Crippen molar-refractivity contribution in [2.75, 3.05) is 0 Å². The molecule has 100 valence electrons. The van der Waals surface area contributed by atoms with Crippen LogP contribution < -0.4 is 0 Å². The number of allylic oxidation sites excluding steroid dienone is 2. The van der Waals surface area contributed by atoms with E-state index in [0.29, 0.717) is 0 Å². The smallest absolute Gasteiger partial charge is 0.290 e. The molecule has 0 aliphatic rings. The molecule has 7 heteroatoms. The molecule has 20 heavy (non-hydrogen) atoms. The third-order valence-electron chi connectivity index (χ3n) is 2.10. The first-order chi connectivity index (χ1) is 9.63. The second-order valence-corrected chi connectivity index (χ2v) is 3.56. The van der Waals surface area contributed by atoms with Gasteiger partial charge in [-0.25, -0.2) is 19.9 Å². The quantitative estimate of drug-likeness (QED) is 0.483. The van der Waals surface area contributed by atoms with Gasteiger partial charge in [-0.05, 0) is 30.4 Å². The summed E-state index contributed by atoms with van der Waals surface area (Å²) >= 11 is 0. The van der Waals surface area contributed by atoms with Gasteiger partial charge in [-0.15, -0.1) is 0 Å². The monoisotopic (exact) mass is 274 g/mol. The number of aromatic nitrogens is 4. The van der Waals surface area contributed by atoms with Crippen molar-refractivity contribution >= 4 is 17.9 Å². The van der Waals surface area contributed by atoms with Crippen LogP contribution in [0.2, 0.25) is 0 Å². The Kier molecular flexibility index (Phi) is 4.33. The van der Waals surface area contributed by atoms with Crippen molar-refractivity contribution < 1.29 is 13.6 Å². The van der Waals surface area contributed by atoms with Gasteiger partial charge in [0.25, 0.3) is 0 Å². The molecule has 2 heterocycles. The van der Waals surface area contributed by atoms with E-state index in [4.69, 9.17) is 0 Å². The second-order valence-electron chi connectivity index (χ2n) is 3.56. The average Bonchev–Trinajstić information content (AvgIpc) is 2.43. The van der Waals surface area contributed by atoms with Crippen LogP contribution in [0.5, 0.6) is 0 Å². The van der Waals surface area contributed by atoms with E-state index in [2.05, 4.69) is 19.9 Å². The maximum absolute atomic E-state index is 12.8. The van der Waals surface area contributed by atoms with Crippen LogP contribution in [-0.4, -0.2) is 25.7 Å². The molecule has 0 bridgehead atoms. The van der Waals surface area contributed by atoms with Gasteiger partial charge in [-0.1, -0.05) is 0 Å². The van der Waals surface area contributed by atoms with E-state index in [9.17, 15) is 13.6 Å². The van der Waals surface area contributed by atoms with Crippen LogP contribution in [0.3, 0.4) is 0 Å². The van der Waals surface area contributed by atoms with Crippen LogP contribution in [0.25, 0.3) is 12.2 Å². The zero-order chi connectivity index (χ0) is 14.4. The third-order valence-corrected chi connectivity index (χ3v) is 2.10. The van der Waals surface area contributed by atoms with Crippen molar-refractivity contribution in [3.63, 3.8) is 0 Å². The first kappa shape index (κ1) is 13.6. The maximum Gasteiger partial charge on any atom is 0.309 e. The summed E-state index contributed by atoms with van der Waals surface area (Å²) in [5.41, 5.74) is 0.265. The maximum atomic E-state index is 12.8. The van der Waals surface area contributed by atoms with Gasteiger partial charge in [0.05, 0.1) is 5.69 Å². The van der Waals surface area contributed by atoms with Gasteiger partial charge in [0.2, 0.25) is 5.95 Å². The number of carbonyl (C=O) groups is 1. The Balaban J connectivity index is 2.02. The minimum absolute atomic E-state index is 0.0832. The fraction of sp³-hybridized carbons (Fsp3) is 0. The molecule has 0 radical (unpaired) electrons. The molecule has 0 aliphatic carbocycles. The van der Waals surface area contributed by atoms with Gasteiger partial charge in [-0.2, -0.15) is 8.78 Å². The highest BCUT2D eigenvalue weighted by atomic mass is 19.1. The van der Waals surface area contributed by atoms with Crippen molar-refractivity contribution in [3.8, 4) is 0 Å². The number of hydrogen-bond donors (Lipinski definition) is 0. The Morgan fingerprint density at radius 3 is 2.50 bits per heavy atom. The van der Waals surface area contributed by atoms with E-state index in [1.807, 2.05) is 0 Å². The lowest BCUT2D eigenvalue weighted by Crippen LogP contribution is -1.92. The molecule has 0 unspecified atom stereocenters. The third kappa shape index (κ3) is 4.13. The molecule has 5 nitrogen and oxygen atoms in total. The Hall–Kier alpha value is -2.83. The minimum Gasteiger partial charge on any atom is -0.290 e. The number of halogens is 2. The van der Waals surface area contributed by atoms with E-state index in [1.54, 1.807) is 0 Å². The molecule has 2 rings (SSSR count). The summed E-state index contributed by atoms with van der Waals surface area (Å²) in [5.74, 6) is -0.990. The summed E-state index contributed by atoms with van der Waals surface area (Å²) in [4.78, 5) is 25.5. The summed E-state index contributed by atoms with van der Waals surface area (Å²) in [6.45, 7) is 0. The number of ketones is 1. The number of rotatable bonds is 4. The van der Waals surface area contributed by atoms with Crippen molar-refractivity contribution in [1.82, 2.24) is 19.9 Å². The van der Waals surface area contributed by atoms with Crippen LogP contribution >= 0.6 is 0 Å². The fourth-order valence-corrected chi connectivity index (χ4v) is 1.25. The lowest BCUT2D eigenvalue weighted by atomic mass is 10.3. The average molecular weight is 274 g/mol. The molecule has 0 N–H and O–H groups in total. The molecule has 0 fully saturated rings. The zero-order valence-corrected chi connectivity index (χ0v) is 10.1. The minimum atomic E-state index is -0.872. The predicted octanol–water partition coefficient (Wildman–Crippen LogP) is 1.84. The Bertz CT molecular complexity index is 628. The van der Waals surface area contributed by atoms with Gasteiger partial charge in [-0.3, -0.25) is 4.79 Å². The van der Waals surface area contributed by atoms with Gasteiger partial charge < -0.3 is 0 Å². The molecule has 0 spiro atoms. The Morgan fingerprint density at radius 1 is 1.00 bits per heavy atom. The zero-order valence-electron chi connectivity index (χ0n) is 10.1. The van der Waals surface area contributed by atoms with Gasteiger partial charge in [0.1, 0.15) is 0 Å². The van der Waals surface area contributed by atoms with Crippen molar-refractivity contribution in [3.05, 3.63) is 60.2 Å². The second kappa shape index (κ2) is 6.37. The topological polar surface area (TPSA) is 68.6 Å². The molecule has 0 aromatic carbocycles. The lowest BCUT2D eigenvalue weighted by molar-refractivity contribution is -0.110. The van der Waals surface area contributed by atoms with E-state index in [-0.39, 0.29) is 11.5 Å². The normalized spacial score (nSPS) is 11.3. The highest BCUT2D eigenvalue weighted by Crippen LogP contribution is 1.99. The predicted molar refractivity (Wildman–Crippen MR) is 67.1 cm³/mol. The van der Waals surface area contributed by atoms with Gasteiger partial charge >= 0.3 is 6.08 Å². The van der Waals surface area contributed by atoms with Crippen LogP contribution in [0.4, 0.5) is 8.78 Å². The van der Waals surface area contributed by atoms with Crippen molar-refractivity contribution in [2.24, 2.45) is 0 Å². The van der Waals surface area contributed by atoms with Crippen LogP contribution in [0.1, 0.15) is 11.5 Å². The summed E-state index contributed by atoms with van der Waals surface area (Å²) in [6, 6.07) is 2.55. The molecule has 0 saturated heterocycles. The molecular formula is C13H8F2N4O. The number of nitrogens with zero attached hydrogens (tertiary/aromatic N) is 4. The van der Waals surface area contributed by atoms with Gasteiger partial charge in [0, 0.05) is 18.5 Å². The standard InChI is InChI=1S/C13H8F2N4O/c14-11-6-8-16-12(19-11)4-3-10(20)2-1-9-5-7-17-13(15)18-9/h1-8H/b2-1+,4-3+. The molecule has 0 amide bonds. The lowest BCUT2D eigenvalue weighted by Gasteiger charge is -1.91. The Morgan fingerprint density at radius 2 is 1.75 bits per heavy atom. The van der Waals surface area contributed by atoms with Crippen molar-refractivity contribution in [2.45, 2.75) is 0 Å². The van der Waals surface area contributed by atoms with Crippen LogP contribution in [-0.2, 0) is 4.79 Å². The van der Waals surface area contributed by atoms with E-state index in [1.165, 1.54) is 42.8 Å². The molecule has 2 aromatic heterocycles. The molecule has 0 aliphatic heterocycles. The summed E-state index contributed by atoms with van der Waals surface area (Å²) < 4.78 is 25.5. The first-order valence-electron chi connectivity index (χ1n) is 5.51. The SMILES string of the molecule is O=C(/C=C/c1ccnc(F)n1)/C=C/c1nccc(F)n1. The molecule has 0 atom stereocenters. The Labute approximate surface area is 112 Å². The molecule has 0 saturated carbocycles. The van der Waals surface area contributed by atoms with Crippen LogP contribution in [0.15, 0.2) is 36.7 Å². The summed E-state index contributed by atoms with van der Waals surface area (Å²) in [7, 11) is 0. The highest BCUT2D eigenvalue weighted by molar-refractivity contribution is 6.04. The summed E-state index contributed by atoms with van der Waals surface area (Å²) in [6.07, 6.45) is 6.58. The van der Waals surface area contributed by atoms with Crippen molar-refractivity contribution in [1.29, 1.82) is 0 Å². The first-order valence-corrected chi connectivity index (χ1v) is 5.51. The molecular weight excluding hydrogens is 266 g/mol. The van der Waals surface area contributed by atoms with Gasteiger partial charge in [0.15, 0.2) is 11.6 Å².